The van der Waals surface area contributed by atoms with Gasteiger partial charge in [-0.25, -0.2) is 4.79 Å². The highest BCUT2D eigenvalue weighted by molar-refractivity contribution is 5.86. The van der Waals surface area contributed by atoms with Crippen molar-refractivity contribution in [3.05, 3.63) is 11.8 Å². The van der Waals surface area contributed by atoms with E-state index in [1.807, 2.05) is 6.92 Å². The zero-order valence-corrected chi connectivity index (χ0v) is 6.26. The van der Waals surface area contributed by atoms with Crippen LogP contribution in [0.5, 0.6) is 0 Å². The van der Waals surface area contributed by atoms with Crippen molar-refractivity contribution < 1.29 is 14.6 Å². The number of ether oxygens (including phenoxy) is 1. The molecule has 0 spiro atoms. The van der Waals surface area contributed by atoms with Gasteiger partial charge in [-0.2, -0.15) is 0 Å². The fourth-order valence-corrected chi connectivity index (χ4v) is 0.469. The molecule has 0 aromatic carbocycles. The van der Waals surface area contributed by atoms with Crippen molar-refractivity contribution in [2.75, 3.05) is 6.61 Å². The maximum absolute atomic E-state index is 10.3. The second-order valence-electron chi connectivity index (χ2n) is 1.76. The van der Waals surface area contributed by atoms with E-state index in [-0.39, 0.29) is 0 Å². The van der Waals surface area contributed by atoms with Crippen molar-refractivity contribution >= 4 is 5.97 Å². The fraction of sp³-hybridized carbons (Fsp3) is 0.571. The highest BCUT2D eigenvalue weighted by Crippen LogP contribution is 1.99. The molecular formula is C7H12O3. The minimum atomic E-state index is -0.907. The van der Waals surface area contributed by atoms with Crippen LogP contribution in [0.2, 0.25) is 0 Å². The first-order valence-electron chi connectivity index (χ1n) is 3.26. The summed E-state index contributed by atoms with van der Waals surface area (Å²) in [7, 11) is 0. The molecule has 10 heavy (non-hydrogen) atoms. The average molecular weight is 144 g/mol. The molecule has 0 aliphatic rings. The Morgan fingerprint density at radius 3 is 2.50 bits per heavy atom. The van der Waals surface area contributed by atoms with E-state index in [1.54, 1.807) is 6.92 Å². The van der Waals surface area contributed by atoms with E-state index in [4.69, 9.17) is 9.84 Å². The van der Waals surface area contributed by atoms with Crippen molar-refractivity contribution in [3.63, 3.8) is 0 Å². The Morgan fingerprint density at radius 2 is 2.20 bits per heavy atom. The number of carbonyl (C=O) groups is 1. The zero-order valence-electron chi connectivity index (χ0n) is 6.26. The summed E-state index contributed by atoms with van der Waals surface area (Å²) in [5.41, 5.74) is 0.307. The van der Waals surface area contributed by atoms with Gasteiger partial charge in [0.25, 0.3) is 0 Å². The SMILES string of the molecule is CCO/C=C(/CC)C(=O)O. The third-order valence-corrected chi connectivity index (χ3v) is 1.05. The Labute approximate surface area is 60.3 Å². The number of carboxylic acids is 1. The molecule has 0 amide bonds. The molecule has 0 radical (unpaired) electrons. The topological polar surface area (TPSA) is 46.5 Å². The van der Waals surface area contributed by atoms with Crippen molar-refractivity contribution in [2.24, 2.45) is 0 Å². The van der Waals surface area contributed by atoms with Gasteiger partial charge in [-0.05, 0) is 13.3 Å². The average Bonchev–Trinajstić information content (AvgIpc) is 1.89. The Bertz CT molecular complexity index is 138. The first kappa shape index (κ1) is 9.01. The number of aliphatic carboxylic acids is 1. The third kappa shape index (κ3) is 3.12. The number of rotatable bonds is 4. The molecule has 1 N–H and O–H groups in total. The lowest BCUT2D eigenvalue weighted by atomic mass is 10.2. The van der Waals surface area contributed by atoms with Crippen LogP contribution in [0.4, 0.5) is 0 Å². The van der Waals surface area contributed by atoms with E-state index in [0.717, 1.165) is 0 Å². The molecule has 0 aromatic rings. The predicted octanol–water partition coefficient (Wildman–Crippen LogP) is 1.40. The summed E-state index contributed by atoms with van der Waals surface area (Å²) in [6, 6.07) is 0. The van der Waals surface area contributed by atoms with Gasteiger partial charge in [0.1, 0.15) is 0 Å². The van der Waals surface area contributed by atoms with Gasteiger partial charge in [0.2, 0.25) is 0 Å². The smallest absolute Gasteiger partial charge is 0.334 e. The first-order valence-corrected chi connectivity index (χ1v) is 3.26. The molecule has 0 saturated heterocycles. The molecule has 0 aliphatic heterocycles. The van der Waals surface area contributed by atoms with Crippen molar-refractivity contribution in [3.8, 4) is 0 Å². The lowest BCUT2D eigenvalue weighted by Gasteiger charge is -1.97. The molecule has 58 valence electrons. The van der Waals surface area contributed by atoms with E-state index in [1.165, 1.54) is 6.26 Å². The van der Waals surface area contributed by atoms with Gasteiger partial charge in [0, 0.05) is 0 Å². The Balaban J connectivity index is 3.91. The van der Waals surface area contributed by atoms with Crippen molar-refractivity contribution in [1.82, 2.24) is 0 Å². The third-order valence-electron chi connectivity index (χ3n) is 1.05. The molecule has 3 heteroatoms. The molecule has 0 heterocycles. The molecule has 0 aromatic heterocycles. The van der Waals surface area contributed by atoms with E-state index >= 15 is 0 Å². The zero-order chi connectivity index (χ0) is 7.98. The molecule has 0 saturated carbocycles. The van der Waals surface area contributed by atoms with Crippen molar-refractivity contribution in [1.29, 1.82) is 0 Å². The number of hydrogen-bond donors (Lipinski definition) is 1. The number of hydrogen-bond acceptors (Lipinski definition) is 2. The van der Waals surface area contributed by atoms with Gasteiger partial charge in [0.05, 0.1) is 18.4 Å². The highest BCUT2D eigenvalue weighted by atomic mass is 16.5. The van der Waals surface area contributed by atoms with E-state index in [2.05, 4.69) is 0 Å². The van der Waals surface area contributed by atoms with Crippen molar-refractivity contribution in [2.45, 2.75) is 20.3 Å². The summed E-state index contributed by atoms with van der Waals surface area (Å²) in [6.07, 6.45) is 1.79. The highest BCUT2D eigenvalue weighted by Gasteiger charge is 2.02. The van der Waals surface area contributed by atoms with Crippen LogP contribution in [0.25, 0.3) is 0 Å². The Morgan fingerprint density at radius 1 is 1.60 bits per heavy atom. The Hall–Kier alpha value is -0.990. The summed E-state index contributed by atoms with van der Waals surface area (Å²) in [5, 5.41) is 8.45. The molecule has 0 fully saturated rings. The lowest BCUT2D eigenvalue weighted by Crippen LogP contribution is -1.99. The molecule has 0 rings (SSSR count). The van der Waals surface area contributed by atoms with Crippen LogP contribution in [-0.4, -0.2) is 17.7 Å². The van der Waals surface area contributed by atoms with Gasteiger partial charge < -0.3 is 9.84 Å². The largest absolute Gasteiger partial charge is 0.501 e. The summed E-state index contributed by atoms with van der Waals surface area (Å²) in [4.78, 5) is 10.3. The van der Waals surface area contributed by atoms with Gasteiger partial charge >= 0.3 is 5.97 Å². The van der Waals surface area contributed by atoms with Crippen LogP contribution in [-0.2, 0) is 9.53 Å². The first-order chi connectivity index (χ1) is 4.72. The van der Waals surface area contributed by atoms with Crippen LogP contribution in [0, 0.1) is 0 Å². The maximum atomic E-state index is 10.3. The fourth-order valence-electron chi connectivity index (χ4n) is 0.469. The predicted molar refractivity (Wildman–Crippen MR) is 37.6 cm³/mol. The van der Waals surface area contributed by atoms with Gasteiger partial charge in [-0.15, -0.1) is 0 Å². The van der Waals surface area contributed by atoms with E-state index in [9.17, 15) is 4.79 Å². The second kappa shape index (κ2) is 4.85. The van der Waals surface area contributed by atoms with E-state index in [0.29, 0.717) is 18.6 Å². The second-order valence-corrected chi connectivity index (χ2v) is 1.76. The molecule has 3 nitrogen and oxygen atoms in total. The summed E-state index contributed by atoms with van der Waals surface area (Å²) >= 11 is 0. The molecule has 0 unspecified atom stereocenters. The standard InChI is InChI=1S/C7H12O3/c1-3-6(7(8)9)5-10-4-2/h5H,3-4H2,1-2H3,(H,8,9)/b6-5-. The molecule has 0 bridgehead atoms. The summed E-state index contributed by atoms with van der Waals surface area (Å²) < 4.78 is 4.80. The maximum Gasteiger partial charge on any atom is 0.334 e. The van der Waals surface area contributed by atoms with Crippen LogP contribution >= 0.6 is 0 Å². The van der Waals surface area contributed by atoms with Crippen LogP contribution in [0.15, 0.2) is 11.8 Å². The normalized spacial score (nSPS) is 11.2. The van der Waals surface area contributed by atoms with Crippen LogP contribution < -0.4 is 0 Å². The monoisotopic (exact) mass is 144 g/mol. The van der Waals surface area contributed by atoms with Gasteiger partial charge in [0.15, 0.2) is 0 Å². The lowest BCUT2D eigenvalue weighted by molar-refractivity contribution is -0.132. The summed E-state index contributed by atoms with van der Waals surface area (Å²) in [6.45, 7) is 4.10. The van der Waals surface area contributed by atoms with Gasteiger partial charge in [-0.1, -0.05) is 6.92 Å². The van der Waals surface area contributed by atoms with E-state index < -0.39 is 5.97 Å². The van der Waals surface area contributed by atoms with Gasteiger partial charge in [-0.3, -0.25) is 0 Å². The summed E-state index contributed by atoms with van der Waals surface area (Å²) in [5.74, 6) is -0.907. The number of carboxylic acid groups (broad SMARTS) is 1. The molecule has 0 atom stereocenters. The molecular weight excluding hydrogens is 132 g/mol. The minimum absolute atomic E-state index is 0.307. The Kier molecular flexibility index (Phi) is 4.37. The van der Waals surface area contributed by atoms with Crippen LogP contribution in [0.1, 0.15) is 20.3 Å². The quantitative estimate of drug-likeness (QED) is 0.479. The molecule has 0 aliphatic carbocycles. The van der Waals surface area contributed by atoms with Crippen LogP contribution in [0.3, 0.4) is 0 Å². The minimum Gasteiger partial charge on any atom is -0.501 e.